The summed E-state index contributed by atoms with van der Waals surface area (Å²) in [7, 11) is 0. The maximum Gasteiger partial charge on any atom is 0.471 e. The van der Waals surface area contributed by atoms with Crippen LogP contribution in [0.3, 0.4) is 0 Å². The molecule has 3 heterocycles. The molecule has 1 aromatic heterocycles. The Kier molecular flexibility index (Phi) is 5.81. The second kappa shape index (κ2) is 8.32. The minimum atomic E-state index is -4.76. The number of hydrogen-bond acceptors (Lipinski definition) is 7. The first-order valence-corrected chi connectivity index (χ1v) is 10.3. The fourth-order valence-electron chi connectivity index (χ4n) is 3.84. The van der Waals surface area contributed by atoms with E-state index in [9.17, 15) is 22.8 Å². The minimum absolute atomic E-state index is 0.228. The summed E-state index contributed by atoms with van der Waals surface area (Å²) in [6, 6.07) is 3.82. The molecule has 1 saturated heterocycles. The number of nitrogens with one attached hydrogen (secondary N) is 1. The topological polar surface area (TPSA) is 107 Å². The third-order valence-corrected chi connectivity index (χ3v) is 5.30. The smallest absolute Gasteiger partial charge is 0.444 e. The van der Waals surface area contributed by atoms with Gasteiger partial charge < -0.3 is 24.2 Å². The van der Waals surface area contributed by atoms with Crippen LogP contribution >= 0.6 is 0 Å². The highest BCUT2D eigenvalue weighted by atomic mass is 19.4. The van der Waals surface area contributed by atoms with Crippen LogP contribution in [0.25, 0.3) is 11.4 Å². The zero-order valence-corrected chi connectivity index (χ0v) is 18.2. The van der Waals surface area contributed by atoms with E-state index in [1.54, 1.807) is 31.7 Å². The third-order valence-electron chi connectivity index (χ3n) is 5.30. The van der Waals surface area contributed by atoms with Crippen molar-refractivity contribution in [2.45, 2.75) is 57.6 Å². The average Bonchev–Trinajstić information content (AvgIpc) is 3.32. The van der Waals surface area contributed by atoms with Crippen molar-refractivity contribution in [3.05, 3.63) is 35.2 Å². The molecule has 0 unspecified atom stereocenters. The van der Waals surface area contributed by atoms with Crippen LogP contribution in [0.15, 0.2) is 22.7 Å². The van der Waals surface area contributed by atoms with Gasteiger partial charge in [0, 0.05) is 24.3 Å². The van der Waals surface area contributed by atoms with E-state index in [-0.39, 0.29) is 36.5 Å². The molecule has 33 heavy (non-hydrogen) atoms. The number of carbonyl (C=O) groups is 2. The van der Waals surface area contributed by atoms with Crippen molar-refractivity contribution in [1.29, 1.82) is 0 Å². The monoisotopic (exact) mass is 468 g/mol. The minimum Gasteiger partial charge on any atom is -0.444 e. The number of amides is 2. The van der Waals surface area contributed by atoms with Crippen molar-refractivity contribution < 1.29 is 36.8 Å². The molecule has 0 radical (unpaired) electrons. The van der Waals surface area contributed by atoms with Crippen LogP contribution in [0.4, 0.5) is 18.0 Å². The van der Waals surface area contributed by atoms with E-state index in [1.807, 2.05) is 0 Å². The Labute approximate surface area is 187 Å². The van der Waals surface area contributed by atoms with Gasteiger partial charge in [-0.25, -0.2) is 4.79 Å². The first kappa shape index (κ1) is 23.0. The molecule has 0 bridgehead atoms. The molecule has 2 aromatic rings. The highest BCUT2D eigenvalue weighted by molar-refractivity contribution is 5.99. The lowest BCUT2D eigenvalue weighted by Gasteiger charge is -2.38. The Balaban J connectivity index is 1.53. The van der Waals surface area contributed by atoms with Crippen LogP contribution in [0.5, 0.6) is 0 Å². The summed E-state index contributed by atoms with van der Waals surface area (Å²) in [6.07, 6.45) is -4.84. The van der Waals surface area contributed by atoms with Crippen LogP contribution in [0.2, 0.25) is 0 Å². The number of halogens is 3. The maximum atomic E-state index is 13.2. The zero-order chi connectivity index (χ0) is 24.0. The molecule has 1 aromatic carbocycles. The van der Waals surface area contributed by atoms with E-state index in [0.717, 1.165) is 0 Å². The lowest BCUT2D eigenvalue weighted by molar-refractivity contribution is -0.159. The normalized spacial score (nSPS) is 21.2. The van der Waals surface area contributed by atoms with Gasteiger partial charge in [0.25, 0.3) is 5.91 Å². The van der Waals surface area contributed by atoms with Crippen LogP contribution in [0.1, 0.15) is 49.0 Å². The number of ether oxygens (including phenoxy) is 2. The first-order valence-electron chi connectivity index (χ1n) is 10.3. The number of hydrogen-bond donors (Lipinski definition) is 1. The molecule has 1 fully saturated rings. The Bertz CT molecular complexity index is 1060. The number of aromatic nitrogens is 2. The molecule has 4 rings (SSSR count). The number of alkyl halides is 3. The molecule has 2 atom stereocenters. The number of rotatable bonds is 3. The second-order valence-corrected chi connectivity index (χ2v) is 8.91. The zero-order valence-electron chi connectivity index (χ0n) is 18.2. The number of carbonyl (C=O) groups excluding carboxylic acids is 2. The van der Waals surface area contributed by atoms with Gasteiger partial charge in [-0.15, -0.1) is 0 Å². The predicted molar refractivity (Wildman–Crippen MR) is 107 cm³/mol. The molecular weight excluding hydrogens is 445 g/mol. The van der Waals surface area contributed by atoms with Gasteiger partial charge in [-0.1, -0.05) is 17.3 Å². The van der Waals surface area contributed by atoms with Crippen molar-refractivity contribution in [2.75, 3.05) is 13.2 Å². The van der Waals surface area contributed by atoms with E-state index in [0.29, 0.717) is 24.2 Å². The summed E-state index contributed by atoms with van der Waals surface area (Å²) in [4.78, 5) is 30.4. The third kappa shape index (κ3) is 4.95. The van der Waals surface area contributed by atoms with Gasteiger partial charge in [-0.3, -0.25) is 4.79 Å². The van der Waals surface area contributed by atoms with E-state index in [1.165, 1.54) is 12.1 Å². The van der Waals surface area contributed by atoms with E-state index >= 15 is 0 Å². The molecule has 2 aliphatic heterocycles. The van der Waals surface area contributed by atoms with Gasteiger partial charge in [-0.05, 0) is 38.8 Å². The highest BCUT2D eigenvalue weighted by Crippen LogP contribution is 2.33. The predicted octanol–water partition coefficient (Wildman–Crippen LogP) is 3.39. The summed E-state index contributed by atoms with van der Waals surface area (Å²) >= 11 is 0. The van der Waals surface area contributed by atoms with Crippen LogP contribution in [-0.2, 0) is 22.2 Å². The van der Waals surface area contributed by atoms with Crippen molar-refractivity contribution >= 4 is 12.0 Å². The summed E-state index contributed by atoms with van der Waals surface area (Å²) < 4.78 is 53.5. The van der Waals surface area contributed by atoms with E-state index in [4.69, 9.17) is 9.47 Å². The van der Waals surface area contributed by atoms with Crippen molar-refractivity contribution in [1.82, 2.24) is 20.4 Å². The Morgan fingerprint density at radius 1 is 1.27 bits per heavy atom. The fourth-order valence-corrected chi connectivity index (χ4v) is 3.84. The summed E-state index contributed by atoms with van der Waals surface area (Å²) in [5, 5.41) is 6.20. The molecule has 0 saturated carbocycles. The van der Waals surface area contributed by atoms with Gasteiger partial charge in [0.1, 0.15) is 5.60 Å². The SMILES string of the molecule is CC(C)(C)OC(=O)N[C@H]1CCOC[C@@H]1N1Cc2ccc(-c3noc(C(F)(F)F)n3)cc2C1=O. The van der Waals surface area contributed by atoms with Crippen LogP contribution < -0.4 is 5.32 Å². The fraction of sp³-hybridized carbons (Fsp3) is 0.524. The van der Waals surface area contributed by atoms with E-state index < -0.39 is 29.8 Å². The molecule has 2 aliphatic rings. The lowest BCUT2D eigenvalue weighted by atomic mass is 10.0. The highest BCUT2D eigenvalue weighted by Gasteiger charge is 2.41. The Morgan fingerprint density at radius 3 is 2.70 bits per heavy atom. The number of alkyl carbamates (subject to hydrolysis) is 1. The van der Waals surface area contributed by atoms with Crippen molar-refractivity contribution in [2.24, 2.45) is 0 Å². The summed E-state index contributed by atoms with van der Waals surface area (Å²) in [6.45, 7) is 6.20. The van der Waals surface area contributed by atoms with Crippen LogP contribution in [0, 0.1) is 0 Å². The molecule has 178 valence electrons. The van der Waals surface area contributed by atoms with Crippen molar-refractivity contribution in [3.63, 3.8) is 0 Å². The van der Waals surface area contributed by atoms with Gasteiger partial charge in [0.2, 0.25) is 5.82 Å². The largest absolute Gasteiger partial charge is 0.471 e. The Hall–Kier alpha value is -3.15. The lowest BCUT2D eigenvalue weighted by Crippen LogP contribution is -2.57. The molecule has 0 aliphatic carbocycles. The van der Waals surface area contributed by atoms with Crippen LogP contribution in [-0.4, -0.2) is 57.9 Å². The van der Waals surface area contributed by atoms with Gasteiger partial charge >= 0.3 is 18.2 Å². The first-order chi connectivity index (χ1) is 15.4. The number of fused-ring (bicyclic) bond motifs is 1. The Morgan fingerprint density at radius 2 is 2.03 bits per heavy atom. The van der Waals surface area contributed by atoms with Gasteiger partial charge in [0.15, 0.2) is 0 Å². The summed E-state index contributed by atoms with van der Waals surface area (Å²) in [5.41, 5.74) is 0.589. The van der Waals surface area contributed by atoms with Gasteiger partial charge in [-0.2, -0.15) is 18.2 Å². The van der Waals surface area contributed by atoms with Crippen molar-refractivity contribution in [3.8, 4) is 11.4 Å². The quantitative estimate of drug-likeness (QED) is 0.736. The number of nitrogens with zero attached hydrogens (tertiary/aromatic N) is 3. The molecule has 0 spiro atoms. The van der Waals surface area contributed by atoms with Gasteiger partial charge in [0.05, 0.1) is 18.7 Å². The standard InChI is InChI=1S/C21H23F3N4O5/c1-20(2,3)32-19(30)25-14-6-7-31-10-15(14)28-9-12-5-4-11(8-13(12)17(28)29)16-26-18(33-27-16)21(22,23)24/h4-5,8,14-15H,6-7,9-10H2,1-3H3,(H,25,30)/t14-,15-/m0/s1. The molecule has 1 N–H and O–H groups in total. The second-order valence-electron chi connectivity index (χ2n) is 8.91. The average molecular weight is 468 g/mol. The molecule has 2 amide bonds. The molecule has 12 heteroatoms. The number of benzene rings is 1. The summed E-state index contributed by atoms with van der Waals surface area (Å²) in [5.74, 6) is -2.04. The molecular formula is C21H23F3N4O5. The van der Waals surface area contributed by atoms with E-state index in [2.05, 4.69) is 20.0 Å². The maximum absolute atomic E-state index is 13.2. The molecule has 9 nitrogen and oxygen atoms in total.